The Kier molecular flexibility index (Phi) is 2.37. The Labute approximate surface area is 98.8 Å². The monoisotopic (exact) mass is 236 g/mol. The molecule has 1 aromatic carbocycles. The molecule has 3 nitrogen and oxygen atoms in total. The van der Waals surface area contributed by atoms with Crippen molar-refractivity contribution in [2.45, 2.75) is 32.0 Å². The molecule has 3 rings (SSSR count). The molecule has 4 heteroatoms. The molecule has 2 unspecified atom stereocenters. The van der Waals surface area contributed by atoms with Gasteiger partial charge >= 0.3 is 0 Å². The normalized spacial score (nSPS) is 25.4. The molecule has 2 aromatic rings. The van der Waals surface area contributed by atoms with E-state index in [1.54, 1.807) is 0 Å². The largest absolute Gasteiger partial charge is 0.367 e. The summed E-state index contributed by atoms with van der Waals surface area (Å²) in [5, 5.41) is 0.686. The van der Waals surface area contributed by atoms with E-state index in [0.717, 1.165) is 29.7 Å². The SMILES string of the molecule is CC1CCC(c2nc3c(Cl)cccc3[nH]2)O1. The van der Waals surface area contributed by atoms with E-state index in [0.29, 0.717) is 11.1 Å². The first kappa shape index (κ1) is 10.1. The number of ether oxygens (including phenoxy) is 1. The number of fused-ring (bicyclic) bond motifs is 1. The average molecular weight is 237 g/mol. The first-order valence-electron chi connectivity index (χ1n) is 5.53. The number of halogens is 1. The Hall–Kier alpha value is -1.06. The zero-order chi connectivity index (χ0) is 11.1. The van der Waals surface area contributed by atoms with E-state index < -0.39 is 0 Å². The topological polar surface area (TPSA) is 37.9 Å². The molecule has 84 valence electrons. The molecule has 0 spiro atoms. The molecule has 2 atom stereocenters. The number of imidazole rings is 1. The van der Waals surface area contributed by atoms with Gasteiger partial charge < -0.3 is 9.72 Å². The van der Waals surface area contributed by atoms with Crippen LogP contribution in [0.15, 0.2) is 18.2 Å². The first-order chi connectivity index (χ1) is 7.74. The van der Waals surface area contributed by atoms with Gasteiger partial charge in [-0.2, -0.15) is 0 Å². The fourth-order valence-electron chi connectivity index (χ4n) is 2.17. The van der Waals surface area contributed by atoms with Crippen molar-refractivity contribution in [3.05, 3.63) is 29.0 Å². The molecule has 1 fully saturated rings. The van der Waals surface area contributed by atoms with Crippen LogP contribution in [0.5, 0.6) is 0 Å². The highest BCUT2D eigenvalue weighted by Gasteiger charge is 2.26. The van der Waals surface area contributed by atoms with Gasteiger partial charge in [0.2, 0.25) is 0 Å². The molecule has 0 aliphatic carbocycles. The van der Waals surface area contributed by atoms with Crippen LogP contribution in [0.4, 0.5) is 0 Å². The molecule has 0 saturated carbocycles. The molecule has 16 heavy (non-hydrogen) atoms. The van der Waals surface area contributed by atoms with Crippen LogP contribution < -0.4 is 0 Å². The lowest BCUT2D eigenvalue weighted by molar-refractivity contribution is 0.0510. The van der Waals surface area contributed by atoms with Crippen molar-refractivity contribution in [2.75, 3.05) is 0 Å². The second-order valence-electron chi connectivity index (χ2n) is 4.27. The number of aromatic nitrogens is 2. The smallest absolute Gasteiger partial charge is 0.136 e. The fourth-order valence-corrected chi connectivity index (χ4v) is 2.39. The highest BCUT2D eigenvalue weighted by Crippen LogP contribution is 2.32. The molecule has 0 amide bonds. The highest BCUT2D eigenvalue weighted by molar-refractivity contribution is 6.34. The third-order valence-corrected chi connectivity index (χ3v) is 3.32. The van der Waals surface area contributed by atoms with Crippen LogP contribution in [0.2, 0.25) is 5.02 Å². The van der Waals surface area contributed by atoms with Crippen LogP contribution in [0, 0.1) is 0 Å². The standard InChI is InChI=1S/C12H13ClN2O/c1-7-5-6-10(16-7)12-14-9-4-2-3-8(13)11(9)15-12/h2-4,7,10H,5-6H2,1H3,(H,14,15). The van der Waals surface area contributed by atoms with Crippen LogP contribution in [-0.2, 0) is 4.74 Å². The molecule has 1 aromatic heterocycles. The van der Waals surface area contributed by atoms with E-state index in [2.05, 4.69) is 16.9 Å². The van der Waals surface area contributed by atoms with Crippen molar-refractivity contribution in [1.82, 2.24) is 9.97 Å². The van der Waals surface area contributed by atoms with E-state index in [1.807, 2.05) is 18.2 Å². The number of hydrogen-bond donors (Lipinski definition) is 1. The molecule has 2 heterocycles. The Balaban J connectivity index is 2.02. The maximum atomic E-state index is 6.08. The summed E-state index contributed by atoms with van der Waals surface area (Å²) in [5.74, 6) is 0.896. The molecule has 0 bridgehead atoms. The predicted octanol–water partition coefficient (Wildman–Crippen LogP) is 3.46. The molecule has 1 aliphatic heterocycles. The van der Waals surface area contributed by atoms with Gasteiger partial charge in [-0.05, 0) is 31.9 Å². The number of aromatic amines is 1. The van der Waals surface area contributed by atoms with Gasteiger partial charge in [-0.25, -0.2) is 4.98 Å². The van der Waals surface area contributed by atoms with Crippen LogP contribution in [0.25, 0.3) is 11.0 Å². The number of H-pyrrole nitrogens is 1. The zero-order valence-corrected chi connectivity index (χ0v) is 9.79. The Morgan fingerprint density at radius 3 is 3.00 bits per heavy atom. The van der Waals surface area contributed by atoms with Crippen LogP contribution in [0.1, 0.15) is 31.7 Å². The van der Waals surface area contributed by atoms with E-state index in [-0.39, 0.29) is 6.10 Å². The van der Waals surface area contributed by atoms with Crippen molar-refractivity contribution >= 4 is 22.6 Å². The van der Waals surface area contributed by atoms with Gasteiger partial charge in [0, 0.05) is 0 Å². The summed E-state index contributed by atoms with van der Waals surface area (Å²) in [4.78, 5) is 7.79. The lowest BCUT2D eigenvalue weighted by Gasteiger charge is -2.06. The minimum atomic E-state index is 0.0958. The minimum absolute atomic E-state index is 0.0958. The fraction of sp³-hybridized carbons (Fsp3) is 0.417. The van der Waals surface area contributed by atoms with Crippen molar-refractivity contribution in [3.8, 4) is 0 Å². The number of para-hydroxylation sites is 1. The quantitative estimate of drug-likeness (QED) is 0.824. The second kappa shape index (κ2) is 3.75. The van der Waals surface area contributed by atoms with Gasteiger partial charge in [0.25, 0.3) is 0 Å². The summed E-state index contributed by atoms with van der Waals surface area (Å²) in [6.45, 7) is 2.09. The van der Waals surface area contributed by atoms with Crippen molar-refractivity contribution in [3.63, 3.8) is 0 Å². The van der Waals surface area contributed by atoms with Gasteiger partial charge in [-0.1, -0.05) is 17.7 Å². The molecule has 0 radical (unpaired) electrons. The maximum absolute atomic E-state index is 6.08. The van der Waals surface area contributed by atoms with Gasteiger partial charge in [0.05, 0.1) is 16.6 Å². The number of nitrogens with one attached hydrogen (secondary N) is 1. The third kappa shape index (κ3) is 1.60. The van der Waals surface area contributed by atoms with E-state index in [1.165, 1.54) is 0 Å². The average Bonchev–Trinajstić information content (AvgIpc) is 2.84. The number of hydrogen-bond acceptors (Lipinski definition) is 2. The van der Waals surface area contributed by atoms with Gasteiger partial charge in [0.15, 0.2) is 0 Å². The van der Waals surface area contributed by atoms with Gasteiger partial charge in [0.1, 0.15) is 17.4 Å². The number of benzene rings is 1. The zero-order valence-electron chi connectivity index (χ0n) is 9.03. The lowest BCUT2D eigenvalue weighted by Crippen LogP contribution is -2.02. The van der Waals surface area contributed by atoms with Crippen molar-refractivity contribution in [2.24, 2.45) is 0 Å². The van der Waals surface area contributed by atoms with Crippen LogP contribution in [0.3, 0.4) is 0 Å². The summed E-state index contributed by atoms with van der Waals surface area (Å²) in [6.07, 6.45) is 2.54. The summed E-state index contributed by atoms with van der Waals surface area (Å²) in [5.41, 5.74) is 1.81. The predicted molar refractivity (Wildman–Crippen MR) is 63.6 cm³/mol. The number of nitrogens with zero attached hydrogens (tertiary/aromatic N) is 1. The van der Waals surface area contributed by atoms with Crippen molar-refractivity contribution < 1.29 is 4.74 Å². The Bertz CT molecular complexity index is 523. The molecule has 1 aliphatic rings. The third-order valence-electron chi connectivity index (χ3n) is 3.02. The number of rotatable bonds is 1. The summed E-state index contributed by atoms with van der Waals surface area (Å²) in [7, 11) is 0. The highest BCUT2D eigenvalue weighted by atomic mass is 35.5. The lowest BCUT2D eigenvalue weighted by atomic mass is 10.2. The maximum Gasteiger partial charge on any atom is 0.136 e. The van der Waals surface area contributed by atoms with Crippen molar-refractivity contribution in [1.29, 1.82) is 0 Å². The summed E-state index contributed by atoms with van der Waals surface area (Å²) >= 11 is 6.08. The molecule has 1 saturated heterocycles. The molecule has 1 N–H and O–H groups in total. The summed E-state index contributed by atoms with van der Waals surface area (Å²) in [6, 6.07) is 5.76. The van der Waals surface area contributed by atoms with Crippen LogP contribution >= 0.6 is 11.6 Å². The van der Waals surface area contributed by atoms with Gasteiger partial charge in [-0.15, -0.1) is 0 Å². The van der Waals surface area contributed by atoms with E-state index in [9.17, 15) is 0 Å². The minimum Gasteiger partial charge on any atom is -0.367 e. The first-order valence-corrected chi connectivity index (χ1v) is 5.91. The summed E-state index contributed by atoms with van der Waals surface area (Å²) < 4.78 is 5.78. The van der Waals surface area contributed by atoms with E-state index in [4.69, 9.17) is 16.3 Å². The Morgan fingerprint density at radius 2 is 2.31 bits per heavy atom. The van der Waals surface area contributed by atoms with E-state index >= 15 is 0 Å². The molecular weight excluding hydrogens is 224 g/mol. The van der Waals surface area contributed by atoms with Crippen LogP contribution in [-0.4, -0.2) is 16.1 Å². The van der Waals surface area contributed by atoms with Gasteiger partial charge in [-0.3, -0.25) is 0 Å². The Morgan fingerprint density at radius 1 is 1.44 bits per heavy atom. The molecular formula is C12H13ClN2O. The second-order valence-corrected chi connectivity index (χ2v) is 4.68.